The van der Waals surface area contributed by atoms with Crippen LogP contribution in [0.3, 0.4) is 0 Å². The van der Waals surface area contributed by atoms with Crippen molar-refractivity contribution in [1.82, 2.24) is 5.32 Å². The molecule has 3 unspecified atom stereocenters. The zero-order valence-electron chi connectivity index (χ0n) is 20.3. The first kappa shape index (κ1) is 31.1. The number of aliphatic carboxylic acids is 1. The Morgan fingerprint density at radius 3 is 2.40 bits per heavy atom. The number of nitrogens with two attached hydrogens (primary N) is 1. The Kier molecular flexibility index (Phi) is 14.2. The van der Waals surface area contributed by atoms with E-state index in [1.807, 2.05) is 0 Å². The number of esters is 2. The Morgan fingerprint density at radius 2 is 1.83 bits per heavy atom. The van der Waals surface area contributed by atoms with E-state index in [9.17, 15) is 24.3 Å². The maximum atomic E-state index is 12.7. The number of nitrogens with one attached hydrogen (secondary N) is 1. The Hall–Kier alpha value is -1.89. The Bertz CT molecular complexity index is 708. The molecule has 1 aliphatic heterocycles. The van der Waals surface area contributed by atoms with E-state index in [0.29, 0.717) is 19.3 Å². The SMILES string of the molecule is CCCCCCCC(CCCC(O)CC(=O)N[C@@H](CCO)C(=O)O)OC(=O)[C@]1(N)CC(S)OC1=O. The van der Waals surface area contributed by atoms with E-state index in [1.54, 1.807) is 0 Å². The Labute approximate surface area is 211 Å². The standard InChI is InChI=1S/C23H40N2O9S/c1-2-3-4-5-6-9-16(33-21(31)23(24)14-19(35)34-22(23)32)10-7-8-15(27)13-18(28)25-17(11-12-26)20(29)30/h15-17,19,26-27,35H,2-14,24H2,1H3,(H,25,28)(H,29,30)/t15?,16?,17-,19?,23+/m0/s1. The summed E-state index contributed by atoms with van der Waals surface area (Å²) in [6, 6.07) is -1.22. The van der Waals surface area contributed by atoms with Gasteiger partial charge in [0, 0.05) is 19.4 Å². The first-order valence-electron chi connectivity index (χ1n) is 12.2. The number of carboxylic acids is 1. The summed E-state index contributed by atoms with van der Waals surface area (Å²) >= 11 is 4.05. The van der Waals surface area contributed by atoms with E-state index in [2.05, 4.69) is 24.9 Å². The van der Waals surface area contributed by atoms with E-state index in [4.69, 9.17) is 25.4 Å². The number of hydrogen-bond donors (Lipinski definition) is 6. The molecule has 0 spiro atoms. The summed E-state index contributed by atoms with van der Waals surface area (Å²) in [7, 11) is 0. The molecule has 12 heteroatoms. The zero-order chi connectivity index (χ0) is 26.4. The van der Waals surface area contributed by atoms with Crippen LogP contribution in [-0.4, -0.2) is 75.0 Å². The van der Waals surface area contributed by atoms with Gasteiger partial charge in [-0.2, -0.15) is 0 Å². The second kappa shape index (κ2) is 16.0. The fourth-order valence-corrected chi connectivity index (χ4v) is 4.21. The third-order valence-corrected chi connectivity index (χ3v) is 6.20. The number of carbonyl (C=O) groups is 4. The van der Waals surface area contributed by atoms with Crippen molar-refractivity contribution in [3.8, 4) is 0 Å². The lowest BCUT2D eigenvalue weighted by Crippen LogP contribution is -2.53. The molecule has 0 radical (unpaired) electrons. The number of hydrogen-bond acceptors (Lipinski definition) is 10. The minimum atomic E-state index is -1.89. The summed E-state index contributed by atoms with van der Waals surface area (Å²) in [5.41, 5.74) is 3.29. The molecule has 5 atom stereocenters. The largest absolute Gasteiger partial charge is 0.480 e. The van der Waals surface area contributed by atoms with E-state index < -0.39 is 59.6 Å². The van der Waals surface area contributed by atoms with Gasteiger partial charge in [-0.25, -0.2) is 14.4 Å². The molecule has 1 aliphatic rings. The molecule has 0 saturated carbocycles. The molecule has 1 saturated heterocycles. The van der Waals surface area contributed by atoms with Crippen LogP contribution >= 0.6 is 12.6 Å². The molecule has 1 amide bonds. The number of ether oxygens (including phenoxy) is 2. The van der Waals surface area contributed by atoms with Crippen molar-refractivity contribution in [1.29, 1.82) is 0 Å². The highest BCUT2D eigenvalue weighted by atomic mass is 32.1. The van der Waals surface area contributed by atoms with Crippen molar-refractivity contribution in [2.45, 2.75) is 113 Å². The molecule has 1 fully saturated rings. The quantitative estimate of drug-likeness (QED) is 0.0660. The predicted octanol–water partition coefficient (Wildman–Crippen LogP) is 1.03. The van der Waals surface area contributed by atoms with Crippen molar-refractivity contribution in [2.75, 3.05) is 6.61 Å². The van der Waals surface area contributed by atoms with Gasteiger partial charge in [0.2, 0.25) is 11.4 Å². The maximum absolute atomic E-state index is 12.7. The van der Waals surface area contributed by atoms with Gasteiger partial charge in [0.25, 0.3) is 0 Å². The van der Waals surface area contributed by atoms with Crippen LogP contribution < -0.4 is 11.1 Å². The highest BCUT2D eigenvalue weighted by Gasteiger charge is 2.53. The second-order valence-electron chi connectivity index (χ2n) is 9.03. The number of aliphatic hydroxyl groups is 2. The Morgan fingerprint density at radius 1 is 1.17 bits per heavy atom. The molecule has 0 bridgehead atoms. The van der Waals surface area contributed by atoms with Crippen molar-refractivity contribution in [3.63, 3.8) is 0 Å². The van der Waals surface area contributed by atoms with Gasteiger partial charge < -0.3 is 35.8 Å². The average Bonchev–Trinajstić information content (AvgIpc) is 3.05. The molecule has 0 aromatic heterocycles. The second-order valence-corrected chi connectivity index (χ2v) is 9.60. The highest BCUT2D eigenvalue weighted by molar-refractivity contribution is 7.80. The molecule has 202 valence electrons. The first-order valence-corrected chi connectivity index (χ1v) is 12.7. The third-order valence-electron chi connectivity index (χ3n) is 5.91. The van der Waals surface area contributed by atoms with Gasteiger partial charge in [-0.05, 0) is 32.1 Å². The fourth-order valence-electron chi connectivity index (χ4n) is 3.83. The molecule has 0 aromatic rings. The minimum Gasteiger partial charge on any atom is -0.480 e. The number of carbonyl (C=O) groups excluding carboxylic acids is 3. The average molecular weight is 521 g/mol. The number of thiol groups is 1. The lowest BCUT2D eigenvalue weighted by molar-refractivity contribution is -0.162. The first-order chi connectivity index (χ1) is 16.5. The van der Waals surface area contributed by atoms with Gasteiger partial charge in [0.05, 0.1) is 12.5 Å². The van der Waals surface area contributed by atoms with Crippen LogP contribution in [0.4, 0.5) is 0 Å². The van der Waals surface area contributed by atoms with Gasteiger partial charge in [-0.1, -0.05) is 32.6 Å². The van der Waals surface area contributed by atoms with Crippen LogP contribution in [0, 0.1) is 0 Å². The highest BCUT2D eigenvalue weighted by Crippen LogP contribution is 2.28. The molecule has 11 nitrogen and oxygen atoms in total. The van der Waals surface area contributed by atoms with Gasteiger partial charge in [0.1, 0.15) is 17.6 Å². The molecule has 35 heavy (non-hydrogen) atoms. The Balaban J connectivity index is 2.58. The molecule has 0 aliphatic carbocycles. The fraction of sp³-hybridized carbons (Fsp3) is 0.826. The smallest absolute Gasteiger partial charge is 0.339 e. The van der Waals surface area contributed by atoms with Crippen LogP contribution in [-0.2, 0) is 28.7 Å². The van der Waals surface area contributed by atoms with Gasteiger partial charge >= 0.3 is 17.9 Å². The molecule has 0 aromatic carbocycles. The third kappa shape index (κ3) is 11.1. The number of aliphatic hydroxyl groups excluding tert-OH is 2. The van der Waals surface area contributed by atoms with Crippen LogP contribution in [0.2, 0.25) is 0 Å². The minimum absolute atomic E-state index is 0.0849. The van der Waals surface area contributed by atoms with Crippen LogP contribution in [0.5, 0.6) is 0 Å². The van der Waals surface area contributed by atoms with E-state index in [-0.39, 0.29) is 25.7 Å². The predicted molar refractivity (Wildman–Crippen MR) is 129 cm³/mol. The molecular formula is C23H40N2O9S. The van der Waals surface area contributed by atoms with Crippen molar-refractivity contribution >= 4 is 36.4 Å². The van der Waals surface area contributed by atoms with Crippen molar-refractivity contribution in [3.05, 3.63) is 0 Å². The molecule has 1 heterocycles. The topological polar surface area (TPSA) is 185 Å². The summed E-state index contributed by atoms with van der Waals surface area (Å²) < 4.78 is 10.5. The van der Waals surface area contributed by atoms with Crippen LogP contribution in [0.1, 0.15) is 84.0 Å². The van der Waals surface area contributed by atoms with Gasteiger partial charge in [-0.3, -0.25) is 4.79 Å². The molecule has 6 N–H and O–H groups in total. The number of rotatable bonds is 18. The number of amides is 1. The summed E-state index contributed by atoms with van der Waals surface area (Å²) in [4.78, 5) is 47.8. The van der Waals surface area contributed by atoms with E-state index in [0.717, 1.165) is 32.1 Å². The number of carboxylic acid groups (broad SMARTS) is 1. The normalized spacial score (nSPS) is 22.2. The number of cyclic esters (lactones) is 1. The maximum Gasteiger partial charge on any atom is 0.339 e. The lowest BCUT2D eigenvalue weighted by atomic mass is 9.98. The molecular weight excluding hydrogens is 480 g/mol. The van der Waals surface area contributed by atoms with Crippen LogP contribution in [0.25, 0.3) is 0 Å². The van der Waals surface area contributed by atoms with Crippen molar-refractivity contribution < 1.29 is 44.0 Å². The molecule has 1 rings (SSSR count). The van der Waals surface area contributed by atoms with Gasteiger partial charge in [0.15, 0.2) is 0 Å². The summed E-state index contributed by atoms with van der Waals surface area (Å²) in [6.07, 6.45) is 4.64. The van der Waals surface area contributed by atoms with Gasteiger partial charge in [-0.15, -0.1) is 12.6 Å². The van der Waals surface area contributed by atoms with E-state index in [1.165, 1.54) is 0 Å². The summed E-state index contributed by atoms with van der Waals surface area (Å²) in [6.45, 7) is 1.72. The monoisotopic (exact) mass is 520 g/mol. The lowest BCUT2D eigenvalue weighted by Gasteiger charge is -2.24. The zero-order valence-corrected chi connectivity index (χ0v) is 21.2. The number of unbranched alkanes of at least 4 members (excludes halogenated alkanes) is 4. The summed E-state index contributed by atoms with van der Waals surface area (Å²) in [5, 5.41) is 30.4. The van der Waals surface area contributed by atoms with Crippen LogP contribution in [0.15, 0.2) is 0 Å². The van der Waals surface area contributed by atoms with Crippen molar-refractivity contribution in [2.24, 2.45) is 5.73 Å². The summed E-state index contributed by atoms with van der Waals surface area (Å²) in [5.74, 6) is -3.63. The van der Waals surface area contributed by atoms with E-state index >= 15 is 0 Å².